The number of likely N-dealkylation sites (tertiary alicyclic amines) is 1. The number of hydrogen-bond donors (Lipinski definition) is 0. The standard InChI is InChI=1S/C15H17NO5/c1-20-11-5-3-10(4-6-11)9-14(18)16-12(15(19)21-2)7-8-13(16)17/h3-6,12H,7-9H2,1-2H3/t12-/m0/s1. The van der Waals surface area contributed by atoms with Crippen LogP contribution in [0, 0.1) is 0 Å². The first kappa shape index (κ1) is 15.0. The largest absolute Gasteiger partial charge is 0.497 e. The van der Waals surface area contributed by atoms with E-state index in [1.807, 2.05) is 0 Å². The number of nitrogens with zero attached hydrogens (tertiary/aromatic N) is 1. The van der Waals surface area contributed by atoms with Gasteiger partial charge in [0.25, 0.3) is 0 Å². The summed E-state index contributed by atoms with van der Waals surface area (Å²) in [6, 6.07) is 6.20. The van der Waals surface area contributed by atoms with E-state index in [9.17, 15) is 14.4 Å². The molecule has 1 atom stereocenters. The van der Waals surface area contributed by atoms with Crippen LogP contribution >= 0.6 is 0 Å². The van der Waals surface area contributed by atoms with Crippen molar-refractivity contribution < 1.29 is 23.9 Å². The number of amides is 2. The van der Waals surface area contributed by atoms with E-state index < -0.39 is 17.9 Å². The van der Waals surface area contributed by atoms with Crippen LogP contribution in [0.5, 0.6) is 5.75 Å². The second-order valence-corrected chi connectivity index (χ2v) is 4.76. The highest BCUT2D eigenvalue weighted by atomic mass is 16.5. The van der Waals surface area contributed by atoms with Gasteiger partial charge in [-0.15, -0.1) is 0 Å². The summed E-state index contributed by atoms with van der Waals surface area (Å²) in [4.78, 5) is 36.7. The lowest BCUT2D eigenvalue weighted by atomic mass is 10.1. The highest BCUT2D eigenvalue weighted by Crippen LogP contribution is 2.21. The molecule has 1 aromatic rings. The fourth-order valence-corrected chi connectivity index (χ4v) is 2.36. The van der Waals surface area contributed by atoms with E-state index in [0.29, 0.717) is 12.2 Å². The van der Waals surface area contributed by atoms with Gasteiger partial charge >= 0.3 is 5.97 Å². The van der Waals surface area contributed by atoms with Gasteiger partial charge in [0.05, 0.1) is 20.6 Å². The number of methoxy groups -OCH3 is 2. The Morgan fingerprint density at radius 1 is 1.24 bits per heavy atom. The molecule has 1 heterocycles. The Hall–Kier alpha value is -2.37. The van der Waals surface area contributed by atoms with Gasteiger partial charge in [-0.1, -0.05) is 12.1 Å². The Bertz CT molecular complexity index is 552. The van der Waals surface area contributed by atoms with E-state index in [1.165, 1.54) is 7.11 Å². The van der Waals surface area contributed by atoms with Crippen molar-refractivity contribution in [2.24, 2.45) is 0 Å². The Kier molecular flexibility index (Phi) is 4.57. The fraction of sp³-hybridized carbons (Fsp3) is 0.400. The quantitative estimate of drug-likeness (QED) is 0.772. The number of hydrogen-bond acceptors (Lipinski definition) is 5. The summed E-state index contributed by atoms with van der Waals surface area (Å²) in [6.45, 7) is 0. The molecule has 0 spiro atoms. The molecular formula is C15H17NO5. The summed E-state index contributed by atoms with van der Waals surface area (Å²) in [5.41, 5.74) is 0.754. The predicted molar refractivity (Wildman–Crippen MR) is 73.6 cm³/mol. The van der Waals surface area contributed by atoms with Gasteiger partial charge in [0.1, 0.15) is 11.8 Å². The molecule has 2 rings (SSSR count). The Balaban J connectivity index is 2.10. The first-order chi connectivity index (χ1) is 10.1. The molecule has 6 heteroatoms. The van der Waals surface area contributed by atoms with Crippen LogP contribution in [0.1, 0.15) is 18.4 Å². The number of carbonyl (C=O) groups is 3. The molecule has 0 radical (unpaired) electrons. The maximum atomic E-state index is 12.3. The third-order valence-corrected chi connectivity index (χ3v) is 3.47. The highest BCUT2D eigenvalue weighted by Gasteiger charge is 2.40. The van der Waals surface area contributed by atoms with Gasteiger partial charge in [-0.25, -0.2) is 4.79 Å². The lowest BCUT2D eigenvalue weighted by molar-refractivity contribution is -0.155. The molecule has 1 aromatic carbocycles. The normalized spacial score (nSPS) is 17.7. The summed E-state index contributed by atoms with van der Waals surface area (Å²) < 4.78 is 9.69. The van der Waals surface area contributed by atoms with Crippen LogP contribution in [0.15, 0.2) is 24.3 Å². The Morgan fingerprint density at radius 3 is 2.48 bits per heavy atom. The molecule has 112 valence electrons. The van der Waals surface area contributed by atoms with Crippen molar-refractivity contribution in [2.75, 3.05) is 14.2 Å². The third-order valence-electron chi connectivity index (χ3n) is 3.47. The summed E-state index contributed by atoms with van der Waals surface area (Å²) in [5, 5.41) is 0. The van der Waals surface area contributed by atoms with Crippen LogP contribution in [0.2, 0.25) is 0 Å². The lowest BCUT2D eigenvalue weighted by Gasteiger charge is -2.20. The van der Waals surface area contributed by atoms with Crippen molar-refractivity contribution >= 4 is 17.8 Å². The molecule has 1 aliphatic heterocycles. The van der Waals surface area contributed by atoms with Crippen LogP contribution in [0.25, 0.3) is 0 Å². The zero-order valence-corrected chi connectivity index (χ0v) is 12.0. The fourth-order valence-electron chi connectivity index (χ4n) is 2.36. The van der Waals surface area contributed by atoms with Gasteiger partial charge in [-0.3, -0.25) is 14.5 Å². The van der Waals surface area contributed by atoms with Crippen LogP contribution in [0.3, 0.4) is 0 Å². The minimum atomic E-state index is -0.798. The summed E-state index contributed by atoms with van der Waals surface area (Å²) in [6.07, 6.45) is 0.567. The van der Waals surface area contributed by atoms with E-state index in [0.717, 1.165) is 10.5 Å². The van der Waals surface area contributed by atoms with Crippen molar-refractivity contribution in [1.29, 1.82) is 0 Å². The maximum absolute atomic E-state index is 12.3. The van der Waals surface area contributed by atoms with E-state index >= 15 is 0 Å². The van der Waals surface area contributed by atoms with Crippen molar-refractivity contribution in [3.8, 4) is 5.75 Å². The summed E-state index contributed by atoms with van der Waals surface area (Å²) in [7, 11) is 2.81. The van der Waals surface area contributed by atoms with Crippen LogP contribution in [0.4, 0.5) is 0 Å². The monoisotopic (exact) mass is 291 g/mol. The zero-order valence-electron chi connectivity index (χ0n) is 12.0. The van der Waals surface area contributed by atoms with Crippen molar-refractivity contribution in [2.45, 2.75) is 25.3 Å². The van der Waals surface area contributed by atoms with Gasteiger partial charge in [0.2, 0.25) is 11.8 Å². The molecule has 0 aromatic heterocycles. The molecule has 0 aliphatic carbocycles. The van der Waals surface area contributed by atoms with Gasteiger partial charge in [-0.2, -0.15) is 0 Å². The second kappa shape index (κ2) is 6.39. The van der Waals surface area contributed by atoms with Crippen molar-refractivity contribution in [3.63, 3.8) is 0 Å². The number of benzene rings is 1. The number of esters is 1. The molecule has 1 fully saturated rings. The van der Waals surface area contributed by atoms with Crippen molar-refractivity contribution in [1.82, 2.24) is 4.90 Å². The number of imide groups is 1. The van der Waals surface area contributed by atoms with Crippen LogP contribution < -0.4 is 4.74 Å². The Morgan fingerprint density at radius 2 is 1.90 bits per heavy atom. The molecule has 1 saturated heterocycles. The molecule has 1 aliphatic rings. The summed E-state index contributed by atoms with van der Waals surface area (Å²) >= 11 is 0. The van der Waals surface area contributed by atoms with E-state index in [1.54, 1.807) is 31.4 Å². The van der Waals surface area contributed by atoms with Gasteiger partial charge in [0, 0.05) is 6.42 Å². The van der Waals surface area contributed by atoms with Gasteiger partial charge in [-0.05, 0) is 24.1 Å². The number of carbonyl (C=O) groups excluding carboxylic acids is 3. The third kappa shape index (κ3) is 3.21. The molecular weight excluding hydrogens is 274 g/mol. The van der Waals surface area contributed by atoms with Crippen molar-refractivity contribution in [3.05, 3.63) is 29.8 Å². The smallest absolute Gasteiger partial charge is 0.329 e. The van der Waals surface area contributed by atoms with E-state index in [-0.39, 0.29) is 18.7 Å². The van der Waals surface area contributed by atoms with E-state index in [4.69, 9.17) is 4.74 Å². The maximum Gasteiger partial charge on any atom is 0.329 e. The molecule has 0 saturated carbocycles. The average molecular weight is 291 g/mol. The number of rotatable bonds is 4. The minimum absolute atomic E-state index is 0.0588. The molecule has 21 heavy (non-hydrogen) atoms. The first-order valence-electron chi connectivity index (χ1n) is 6.62. The molecule has 0 bridgehead atoms. The molecule has 0 unspecified atom stereocenters. The van der Waals surface area contributed by atoms with Gasteiger partial charge in [0.15, 0.2) is 0 Å². The minimum Gasteiger partial charge on any atom is -0.497 e. The molecule has 0 N–H and O–H groups in total. The zero-order chi connectivity index (χ0) is 15.4. The first-order valence-corrected chi connectivity index (χ1v) is 6.62. The predicted octanol–water partition coefficient (Wildman–Crippen LogP) is 0.928. The SMILES string of the molecule is COC(=O)[C@@H]1CCC(=O)N1C(=O)Cc1ccc(OC)cc1. The molecule has 2 amide bonds. The summed E-state index contributed by atoms with van der Waals surface area (Å²) in [5.74, 6) is -0.582. The van der Waals surface area contributed by atoms with E-state index in [2.05, 4.69) is 4.74 Å². The topological polar surface area (TPSA) is 72.9 Å². The second-order valence-electron chi connectivity index (χ2n) is 4.76. The van der Waals surface area contributed by atoms with Crippen LogP contribution in [-0.2, 0) is 25.5 Å². The molecule has 6 nitrogen and oxygen atoms in total. The van der Waals surface area contributed by atoms with Gasteiger partial charge < -0.3 is 9.47 Å². The Labute approximate surface area is 122 Å². The average Bonchev–Trinajstić information content (AvgIpc) is 2.89. The van der Waals surface area contributed by atoms with Crippen LogP contribution in [-0.4, -0.2) is 42.9 Å². The highest BCUT2D eigenvalue weighted by molar-refractivity contribution is 6.02. The lowest BCUT2D eigenvalue weighted by Crippen LogP contribution is -2.44. The number of ether oxygens (including phenoxy) is 2.